The summed E-state index contributed by atoms with van der Waals surface area (Å²) in [6.07, 6.45) is 0.608. The van der Waals surface area contributed by atoms with Gasteiger partial charge in [-0.1, -0.05) is 24.3 Å². The second-order valence-corrected chi connectivity index (χ2v) is 5.98. The van der Waals surface area contributed by atoms with Crippen LogP contribution in [0.25, 0.3) is 0 Å². The number of hydrogen-bond acceptors (Lipinski definition) is 5. The Balaban J connectivity index is 2.91. The van der Waals surface area contributed by atoms with Crippen LogP contribution in [0.15, 0.2) is 46.9 Å². The second kappa shape index (κ2) is 6.80. The maximum absolute atomic E-state index is 12.1. The summed E-state index contributed by atoms with van der Waals surface area (Å²) in [5, 5.41) is 19.6. The smallest absolute Gasteiger partial charge is 0.336 e. The van der Waals surface area contributed by atoms with Crippen molar-refractivity contribution in [3.8, 4) is 0 Å². The van der Waals surface area contributed by atoms with Crippen LogP contribution in [-0.4, -0.2) is 59.4 Å². The van der Waals surface area contributed by atoms with Gasteiger partial charge < -0.3 is 20.0 Å². The van der Waals surface area contributed by atoms with Crippen molar-refractivity contribution in [1.29, 1.82) is 0 Å². The molecule has 0 bridgehead atoms. The number of carboxylic acids is 2. The summed E-state index contributed by atoms with van der Waals surface area (Å²) in [6, 6.07) is 6.44. The molecule has 0 aromatic heterocycles. The van der Waals surface area contributed by atoms with Crippen LogP contribution < -0.4 is 0 Å². The second-order valence-electron chi connectivity index (χ2n) is 5.98. The van der Waals surface area contributed by atoms with E-state index in [0.717, 1.165) is 0 Å². The van der Waals surface area contributed by atoms with Crippen LogP contribution in [0.3, 0.4) is 0 Å². The van der Waals surface area contributed by atoms with Crippen LogP contribution in [-0.2, 0) is 9.59 Å². The molecule has 1 heterocycles. The van der Waals surface area contributed by atoms with Gasteiger partial charge in [0.05, 0.1) is 17.1 Å². The lowest BCUT2D eigenvalue weighted by Crippen LogP contribution is -2.38. The van der Waals surface area contributed by atoms with Gasteiger partial charge in [0.2, 0.25) is 0 Å². The highest BCUT2D eigenvalue weighted by Gasteiger charge is 2.41. The lowest BCUT2D eigenvalue weighted by molar-refractivity contribution is -0.133. The third-order valence-electron chi connectivity index (χ3n) is 4.35. The highest BCUT2D eigenvalue weighted by atomic mass is 16.4. The summed E-state index contributed by atoms with van der Waals surface area (Å²) in [6.45, 7) is 1.63. The molecule has 0 spiro atoms. The predicted molar refractivity (Wildman–Crippen MR) is 91.0 cm³/mol. The van der Waals surface area contributed by atoms with Crippen molar-refractivity contribution < 1.29 is 24.6 Å². The van der Waals surface area contributed by atoms with Gasteiger partial charge in [-0.25, -0.2) is 9.59 Å². The zero-order valence-electron chi connectivity index (χ0n) is 14.5. The van der Waals surface area contributed by atoms with Crippen LogP contribution in [0.4, 0.5) is 0 Å². The monoisotopic (exact) mass is 344 g/mol. The molecule has 0 saturated heterocycles. The molecule has 1 atom stereocenters. The molecule has 1 aromatic carbocycles. The minimum Gasteiger partial charge on any atom is -0.478 e. The van der Waals surface area contributed by atoms with E-state index < -0.39 is 17.9 Å². The maximum atomic E-state index is 12.1. The summed E-state index contributed by atoms with van der Waals surface area (Å²) >= 11 is 0. The van der Waals surface area contributed by atoms with E-state index in [2.05, 4.69) is 0 Å². The molecule has 2 rings (SSSR count). The zero-order valence-corrected chi connectivity index (χ0v) is 14.5. The normalized spacial score (nSPS) is 17.6. The molecule has 0 aliphatic carbocycles. The fraction of sp³-hybridized carbons (Fsp3) is 0.278. The number of aldehydes is 1. The molecule has 7 heteroatoms. The molecule has 1 aromatic rings. The molecule has 0 fully saturated rings. The molecular weight excluding hydrogens is 324 g/mol. The van der Waals surface area contributed by atoms with Crippen molar-refractivity contribution in [2.75, 3.05) is 21.1 Å². The molecule has 0 saturated carbocycles. The molecule has 7 nitrogen and oxygen atoms in total. The average molecular weight is 344 g/mol. The number of carboxylic acid groups (broad SMARTS) is 2. The first kappa shape index (κ1) is 18.3. The van der Waals surface area contributed by atoms with Crippen molar-refractivity contribution in [2.24, 2.45) is 0 Å². The number of allylic oxidation sites excluding steroid dienone is 1. The highest BCUT2D eigenvalue weighted by Crippen LogP contribution is 2.42. The van der Waals surface area contributed by atoms with Crippen LogP contribution >= 0.6 is 0 Å². The summed E-state index contributed by atoms with van der Waals surface area (Å²) in [4.78, 5) is 38.6. The van der Waals surface area contributed by atoms with Crippen molar-refractivity contribution in [3.63, 3.8) is 0 Å². The summed E-state index contributed by atoms with van der Waals surface area (Å²) in [5.74, 6) is -3.12. The van der Waals surface area contributed by atoms with Crippen LogP contribution in [0.1, 0.15) is 28.8 Å². The van der Waals surface area contributed by atoms with Gasteiger partial charge in [-0.15, -0.1) is 0 Å². The van der Waals surface area contributed by atoms with Crippen LogP contribution in [0.5, 0.6) is 0 Å². The number of aliphatic carboxylic acids is 2. The fourth-order valence-electron chi connectivity index (χ4n) is 3.23. The number of carbonyl (C=O) groups is 3. The predicted octanol–water partition coefficient (Wildman–Crippen LogP) is 1.74. The van der Waals surface area contributed by atoms with E-state index in [1.165, 1.54) is 0 Å². The van der Waals surface area contributed by atoms with E-state index in [1.54, 1.807) is 62.1 Å². The van der Waals surface area contributed by atoms with Gasteiger partial charge in [0.25, 0.3) is 0 Å². The van der Waals surface area contributed by atoms with Crippen molar-refractivity contribution in [3.05, 3.63) is 58.1 Å². The highest BCUT2D eigenvalue weighted by molar-refractivity contribution is 5.99. The number of rotatable bonds is 5. The first-order valence-corrected chi connectivity index (χ1v) is 7.59. The van der Waals surface area contributed by atoms with Gasteiger partial charge in [0.1, 0.15) is 12.1 Å². The standard InChI is InChI=1S/C18H20N2O5/c1-10-13(17(22)23)14(12-8-6-5-7-11(12)9-21)15(18(24)25)16(19(2)3)20(10)4/h5-9,14H,1-4H3,(H,22,23)(H,24,25). The van der Waals surface area contributed by atoms with Gasteiger partial charge >= 0.3 is 11.9 Å². The van der Waals surface area contributed by atoms with Gasteiger partial charge in [-0.3, -0.25) is 4.79 Å². The van der Waals surface area contributed by atoms with Gasteiger partial charge in [0, 0.05) is 32.4 Å². The van der Waals surface area contributed by atoms with E-state index >= 15 is 0 Å². The topological polar surface area (TPSA) is 98.1 Å². The molecule has 1 aliphatic rings. The van der Waals surface area contributed by atoms with E-state index in [4.69, 9.17) is 0 Å². The quantitative estimate of drug-likeness (QED) is 0.785. The van der Waals surface area contributed by atoms with Crippen molar-refractivity contribution in [1.82, 2.24) is 9.80 Å². The Bertz CT molecular complexity index is 807. The summed E-state index contributed by atoms with van der Waals surface area (Å²) in [5.41, 5.74) is 0.913. The molecule has 1 unspecified atom stereocenters. The first-order valence-electron chi connectivity index (χ1n) is 7.59. The minimum atomic E-state index is -1.23. The third-order valence-corrected chi connectivity index (χ3v) is 4.35. The molecule has 25 heavy (non-hydrogen) atoms. The SMILES string of the molecule is CC1=C(C(=O)O)C(c2ccccc2C=O)C(C(=O)O)=C(N(C)C)N1C. The van der Waals surface area contributed by atoms with Gasteiger partial charge in [0.15, 0.2) is 0 Å². The van der Waals surface area contributed by atoms with Crippen LogP contribution in [0, 0.1) is 0 Å². The Kier molecular flexibility index (Phi) is 4.97. The summed E-state index contributed by atoms with van der Waals surface area (Å²) < 4.78 is 0. The minimum absolute atomic E-state index is 0.0557. The molecule has 132 valence electrons. The first-order chi connectivity index (χ1) is 11.7. The molecule has 1 aliphatic heterocycles. The lowest BCUT2D eigenvalue weighted by atomic mass is 9.79. The molecular formula is C18H20N2O5. The van der Waals surface area contributed by atoms with Gasteiger partial charge in [-0.2, -0.15) is 0 Å². The maximum Gasteiger partial charge on any atom is 0.336 e. The largest absolute Gasteiger partial charge is 0.478 e. The molecule has 0 radical (unpaired) electrons. The Morgan fingerprint density at radius 2 is 1.68 bits per heavy atom. The fourth-order valence-corrected chi connectivity index (χ4v) is 3.23. The van der Waals surface area contributed by atoms with Crippen LogP contribution in [0.2, 0.25) is 0 Å². The van der Waals surface area contributed by atoms with E-state index in [1.807, 2.05) is 0 Å². The van der Waals surface area contributed by atoms with E-state index in [-0.39, 0.29) is 16.7 Å². The number of hydrogen-bond donors (Lipinski definition) is 2. The van der Waals surface area contributed by atoms with Crippen molar-refractivity contribution >= 4 is 18.2 Å². The van der Waals surface area contributed by atoms with Crippen molar-refractivity contribution in [2.45, 2.75) is 12.8 Å². The Morgan fingerprint density at radius 1 is 1.12 bits per heavy atom. The number of nitrogens with zero attached hydrogens (tertiary/aromatic N) is 2. The van der Waals surface area contributed by atoms with E-state index in [0.29, 0.717) is 23.4 Å². The average Bonchev–Trinajstić information content (AvgIpc) is 2.55. The molecule has 0 amide bonds. The lowest BCUT2D eigenvalue weighted by Gasteiger charge is -2.38. The third kappa shape index (κ3) is 3.00. The van der Waals surface area contributed by atoms with E-state index in [9.17, 15) is 24.6 Å². The number of carbonyl (C=O) groups excluding carboxylic acids is 1. The molecule has 2 N–H and O–H groups in total. The Hall–Kier alpha value is -3.09. The Morgan fingerprint density at radius 3 is 2.16 bits per heavy atom. The summed E-state index contributed by atoms with van der Waals surface area (Å²) in [7, 11) is 5.01. The number of benzene rings is 1. The zero-order chi connectivity index (χ0) is 18.9. The Labute approximate surface area is 145 Å². The van der Waals surface area contributed by atoms with Gasteiger partial charge in [-0.05, 0) is 12.5 Å².